The Morgan fingerprint density at radius 3 is 2.65 bits per heavy atom. The lowest BCUT2D eigenvalue weighted by molar-refractivity contribution is -0.384. The third-order valence-corrected chi connectivity index (χ3v) is 3.93. The average molecular weight is 423 g/mol. The largest absolute Gasteiger partial charge is 0.490 e. The molecule has 0 spiro atoms. The Labute approximate surface area is 159 Å². The van der Waals surface area contributed by atoms with Crippen LogP contribution in [-0.2, 0) is 0 Å². The Morgan fingerprint density at radius 1 is 1.23 bits per heavy atom. The molecular formula is C18H19BrN2O5. The van der Waals surface area contributed by atoms with E-state index in [-0.39, 0.29) is 5.69 Å². The van der Waals surface area contributed by atoms with E-state index in [0.29, 0.717) is 40.4 Å². The minimum Gasteiger partial charge on any atom is -0.490 e. The van der Waals surface area contributed by atoms with Gasteiger partial charge in [0.05, 0.1) is 22.6 Å². The van der Waals surface area contributed by atoms with Crippen LogP contribution in [0.25, 0.3) is 0 Å². The molecule has 2 aromatic carbocycles. The number of nitro benzene ring substituents is 1. The summed E-state index contributed by atoms with van der Waals surface area (Å²) >= 11 is 3.41. The van der Waals surface area contributed by atoms with E-state index in [1.54, 1.807) is 18.2 Å². The monoisotopic (exact) mass is 422 g/mol. The van der Waals surface area contributed by atoms with Gasteiger partial charge < -0.3 is 14.8 Å². The number of rotatable bonds is 8. The molecule has 0 unspecified atom stereocenters. The standard InChI is InChI=1S/C18H19BrN2O5/c1-3-8-26-17-15(19)9-12(10-16(17)25-4-2)18(22)20-13-6-5-7-14(11-13)21(23)24/h5-7,9-11H,3-4,8H2,1-2H3,(H,20,22). The fourth-order valence-corrected chi connectivity index (χ4v) is 2.76. The maximum atomic E-state index is 12.5. The number of nitro groups is 1. The van der Waals surface area contributed by atoms with Crippen molar-refractivity contribution in [2.45, 2.75) is 20.3 Å². The summed E-state index contributed by atoms with van der Waals surface area (Å²) < 4.78 is 11.9. The molecule has 138 valence electrons. The number of amides is 1. The molecule has 0 heterocycles. The van der Waals surface area contributed by atoms with E-state index in [0.717, 1.165) is 6.42 Å². The molecule has 7 nitrogen and oxygen atoms in total. The molecule has 0 aliphatic heterocycles. The van der Waals surface area contributed by atoms with Gasteiger partial charge >= 0.3 is 0 Å². The van der Waals surface area contributed by atoms with Crippen molar-refractivity contribution >= 4 is 33.2 Å². The molecule has 0 aliphatic carbocycles. The third-order valence-electron chi connectivity index (χ3n) is 3.34. The van der Waals surface area contributed by atoms with E-state index in [1.807, 2.05) is 13.8 Å². The van der Waals surface area contributed by atoms with Crippen LogP contribution in [0.4, 0.5) is 11.4 Å². The second kappa shape index (κ2) is 9.19. The molecule has 0 fully saturated rings. The van der Waals surface area contributed by atoms with Gasteiger partial charge in [0, 0.05) is 23.4 Å². The van der Waals surface area contributed by atoms with Crippen LogP contribution in [0, 0.1) is 10.1 Å². The molecule has 2 rings (SSSR count). The Morgan fingerprint density at radius 2 is 2.00 bits per heavy atom. The van der Waals surface area contributed by atoms with Gasteiger partial charge in [-0.2, -0.15) is 0 Å². The second-order valence-electron chi connectivity index (χ2n) is 5.33. The lowest BCUT2D eigenvalue weighted by Crippen LogP contribution is -2.13. The number of carbonyl (C=O) groups is 1. The highest BCUT2D eigenvalue weighted by Crippen LogP contribution is 2.37. The highest BCUT2D eigenvalue weighted by Gasteiger charge is 2.17. The fraction of sp³-hybridized carbons (Fsp3) is 0.278. The maximum Gasteiger partial charge on any atom is 0.271 e. The molecule has 0 atom stereocenters. The number of nitrogens with one attached hydrogen (secondary N) is 1. The predicted molar refractivity (Wildman–Crippen MR) is 102 cm³/mol. The highest BCUT2D eigenvalue weighted by atomic mass is 79.9. The molecular weight excluding hydrogens is 404 g/mol. The van der Waals surface area contributed by atoms with E-state index >= 15 is 0 Å². The van der Waals surface area contributed by atoms with E-state index in [1.165, 1.54) is 18.2 Å². The minimum atomic E-state index is -0.515. The smallest absolute Gasteiger partial charge is 0.271 e. The van der Waals surface area contributed by atoms with Crippen molar-refractivity contribution in [1.29, 1.82) is 0 Å². The number of hydrogen-bond acceptors (Lipinski definition) is 5. The van der Waals surface area contributed by atoms with Crippen LogP contribution < -0.4 is 14.8 Å². The zero-order chi connectivity index (χ0) is 19.1. The summed E-state index contributed by atoms with van der Waals surface area (Å²) in [6.07, 6.45) is 0.840. The zero-order valence-electron chi connectivity index (χ0n) is 14.5. The fourth-order valence-electron chi connectivity index (χ4n) is 2.21. The van der Waals surface area contributed by atoms with Crippen LogP contribution in [-0.4, -0.2) is 24.0 Å². The topological polar surface area (TPSA) is 90.7 Å². The van der Waals surface area contributed by atoms with Crippen molar-refractivity contribution in [2.75, 3.05) is 18.5 Å². The SMILES string of the molecule is CCCOc1c(Br)cc(C(=O)Nc2cccc([N+](=O)[O-])c2)cc1OCC. The summed E-state index contributed by atoms with van der Waals surface area (Å²) in [6, 6.07) is 8.97. The summed E-state index contributed by atoms with van der Waals surface area (Å²) in [6.45, 7) is 4.78. The number of ether oxygens (including phenoxy) is 2. The lowest BCUT2D eigenvalue weighted by atomic mass is 10.1. The molecule has 1 N–H and O–H groups in total. The molecule has 26 heavy (non-hydrogen) atoms. The van der Waals surface area contributed by atoms with Crippen molar-refractivity contribution in [2.24, 2.45) is 0 Å². The van der Waals surface area contributed by atoms with E-state index in [2.05, 4.69) is 21.2 Å². The summed E-state index contributed by atoms with van der Waals surface area (Å²) in [4.78, 5) is 22.9. The second-order valence-corrected chi connectivity index (χ2v) is 6.18. The predicted octanol–water partition coefficient (Wildman–Crippen LogP) is 4.80. The first-order chi connectivity index (χ1) is 12.5. The molecule has 0 aromatic heterocycles. The van der Waals surface area contributed by atoms with Crippen LogP contribution in [0.15, 0.2) is 40.9 Å². The first-order valence-corrected chi connectivity index (χ1v) is 8.90. The van der Waals surface area contributed by atoms with Gasteiger partial charge in [0.25, 0.3) is 11.6 Å². The Hall–Kier alpha value is -2.61. The number of carbonyl (C=O) groups excluding carboxylic acids is 1. The number of halogens is 1. The van der Waals surface area contributed by atoms with Gasteiger partial charge in [0.15, 0.2) is 11.5 Å². The van der Waals surface area contributed by atoms with E-state index in [9.17, 15) is 14.9 Å². The summed E-state index contributed by atoms with van der Waals surface area (Å²) in [5, 5.41) is 13.5. The highest BCUT2D eigenvalue weighted by molar-refractivity contribution is 9.10. The molecule has 1 amide bonds. The van der Waals surface area contributed by atoms with Crippen molar-refractivity contribution in [1.82, 2.24) is 0 Å². The normalized spacial score (nSPS) is 10.3. The summed E-state index contributed by atoms with van der Waals surface area (Å²) in [5.74, 6) is 0.592. The molecule has 0 saturated heterocycles. The van der Waals surface area contributed by atoms with Gasteiger partial charge in [-0.15, -0.1) is 0 Å². The van der Waals surface area contributed by atoms with Gasteiger partial charge in [0.2, 0.25) is 0 Å². The van der Waals surface area contributed by atoms with Gasteiger partial charge in [-0.3, -0.25) is 14.9 Å². The Bertz CT molecular complexity index is 810. The minimum absolute atomic E-state index is 0.0951. The van der Waals surface area contributed by atoms with Crippen LogP contribution in [0.5, 0.6) is 11.5 Å². The maximum absolute atomic E-state index is 12.5. The van der Waals surface area contributed by atoms with Crippen molar-refractivity contribution in [3.8, 4) is 11.5 Å². The summed E-state index contributed by atoms with van der Waals surface area (Å²) in [7, 11) is 0. The number of hydrogen-bond donors (Lipinski definition) is 1. The van der Waals surface area contributed by atoms with Crippen LogP contribution >= 0.6 is 15.9 Å². The third kappa shape index (κ3) is 4.95. The number of benzene rings is 2. The van der Waals surface area contributed by atoms with Gasteiger partial charge in [-0.05, 0) is 47.5 Å². The van der Waals surface area contributed by atoms with Crippen LogP contribution in [0.1, 0.15) is 30.6 Å². The van der Waals surface area contributed by atoms with Crippen molar-refractivity contribution in [3.63, 3.8) is 0 Å². The van der Waals surface area contributed by atoms with Crippen molar-refractivity contribution in [3.05, 3.63) is 56.5 Å². The quantitative estimate of drug-likeness (QED) is 0.487. The molecule has 0 radical (unpaired) electrons. The first-order valence-electron chi connectivity index (χ1n) is 8.11. The van der Waals surface area contributed by atoms with Crippen LogP contribution in [0.3, 0.4) is 0 Å². The first kappa shape index (κ1) is 19.7. The van der Waals surface area contributed by atoms with Crippen molar-refractivity contribution < 1.29 is 19.2 Å². The van der Waals surface area contributed by atoms with Gasteiger partial charge in [-0.1, -0.05) is 13.0 Å². The molecule has 0 aliphatic rings. The van der Waals surface area contributed by atoms with Crippen LogP contribution in [0.2, 0.25) is 0 Å². The molecule has 0 saturated carbocycles. The molecule has 0 bridgehead atoms. The van der Waals surface area contributed by atoms with Gasteiger partial charge in [0.1, 0.15) is 0 Å². The Balaban J connectivity index is 2.28. The van der Waals surface area contributed by atoms with E-state index in [4.69, 9.17) is 9.47 Å². The summed E-state index contributed by atoms with van der Waals surface area (Å²) in [5.41, 5.74) is 0.586. The average Bonchev–Trinajstić information content (AvgIpc) is 2.61. The molecule has 8 heteroatoms. The number of non-ortho nitro benzene ring substituents is 1. The lowest BCUT2D eigenvalue weighted by Gasteiger charge is -2.15. The Kier molecular flexibility index (Phi) is 6.97. The van der Waals surface area contributed by atoms with E-state index < -0.39 is 10.8 Å². The van der Waals surface area contributed by atoms with Gasteiger partial charge in [-0.25, -0.2) is 0 Å². The molecule has 2 aromatic rings. The number of nitrogens with zero attached hydrogens (tertiary/aromatic N) is 1. The zero-order valence-corrected chi connectivity index (χ0v) is 16.0. The number of anilines is 1.